The summed E-state index contributed by atoms with van der Waals surface area (Å²) in [5, 5.41) is 0. The molecule has 0 saturated carbocycles. The zero-order valence-electron chi connectivity index (χ0n) is 9.63. The molecule has 2 heteroatoms. The lowest BCUT2D eigenvalue weighted by Gasteiger charge is -2.11. The lowest BCUT2D eigenvalue weighted by Crippen LogP contribution is -2.15. The fourth-order valence-corrected chi connectivity index (χ4v) is 0.898. The van der Waals surface area contributed by atoms with Crippen LogP contribution in [0.4, 0.5) is 0 Å². The lowest BCUT2D eigenvalue weighted by atomic mass is 10.1. The quantitative estimate of drug-likeness (QED) is 0.583. The van der Waals surface area contributed by atoms with E-state index >= 15 is 0 Å². The molecule has 0 aliphatic carbocycles. The van der Waals surface area contributed by atoms with Crippen molar-refractivity contribution in [2.45, 2.75) is 34.6 Å². The first-order valence-electron chi connectivity index (χ1n) is 5.16. The van der Waals surface area contributed by atoms with Crippen LogP contribution in [-0.4, -0.2) is 25.5 Å². The maximum atomic E-state index is 5.34. The Bertz CT molecular complexity index is 152. The molecular weight excluding hydrogens is 162 g/mol. The van der Waals surface area contributed by atoms with Crippen LogP contribution in [0.2, 0.25) is 0 Å². The summed E-state index contributed by atoms with van der Waals surface area (Å²) < 4.78 is 5.34. The second kappa shape index (κ2) is 7.07. The molecule has 1 atom stereocenters. The molecule has 0 aliphatic rings. The molecule has 78 valence electrons. The van der Waals surface area contributed by atoms with Gasteiger partial charge in [0.2, 0.25) is 0 Å². The summed E-state index contributed by atoms with van der Waals surface area (Å²) in [5.74, 6) is 1.10. The van der Waals surface area contributed by atoms with Crippen molar-refractivity contribution in [3.05, 3.63) is 0 Å². The highest BCUT2D eigenvalue weighted by Crippen LogP contribution is 2.02. The van der Waals surface area contributed by atoms with E-state index in [4.69, 9.17) is 4.74 Å². The molecule has 1 unspecified atom stereocenters. The summed E-state index contributed by atoms with van der Waals surface area (Å²) in [5.41, 5.74) is 1.21. The predicted molar refractivity (Wildman–Crippen MR) is 58.5 cm³/mol. The first-order valence-corrected chi connectivity index (χ1v) is 5.16. The van der Waals surface area contributed by atoms with Gasteiger partial charge < -0.3 is 4.74 Å². The van der Waals surface area contributed by atoms with Gasteiger partial charge in [-0.3, -0.25) is 4.99 Å². The van der Waals surface area contributed by atoms with E-state index in [0.29, 0.717) is 11.8 Å². The Hall–Kier alpha value is -0.370. The van der Waals surface area contributed by atoms with Gasteiger partial charge in [0.15, 0.2) is 0 Å². The minimum atomic E-state index is 0.457. The summed E-state index contributed by atoms with van der Waals surface area (Å²) in [4.78, 5) is 4.51. The molecule has 0 bridgehead atoms. The highest BCUT2D eigenvalue weighted by molar-refractivity contribution is 5.84. The topological polar surface area (TPSA) is 21.6 Å². The van der Waals surface area contributed by atoms with E-state index < -0.39 is 0 Å². The molecule has 0 saturated heterocycles. The van der Waals surface area contributed by atoms with Crippen LogP contribution in [0.15, 0.2) is 4.99 Å². The van der Waals surface area contributed by atoms with Gasteiger partial charge in [-0.15, -0.1) is 0 Å². The normalized spacial score (nSPS) is 15.1. The molecule has 0 aliphatic heterocycles. The predicted octanol–water partition coefficient (Wildman–Crippen LogP) is 2.78. The second-order valence-corrected chi connectivity index (χ2v) is 3.94. The molecule has 0 spiro atoms. The van der Waals surface area contributed by atoms with Gasteiger partial charge in [0.25, 0.3) is 0 Å². The third-order valence-corrected chi connectivity index (χ3v) is 1.99. The summed E-state index contributed by atoms with van der Waals surface area (Å²) in [7, 11) is 0. The molecule has 0 fully saturated rings. The number of ether oxygens (including phenoxy) is 1. The largest absolute Gasteiger partial charge is 0.381 e. The van der Waals surface area contributed by atoms with Crippen molar-refractivity contribution in [2.24, 2.45) is 16.8 Å². The van der Waals surface area contributed by atoms with Crippen LogP contribution in [0.3, 0.4) is 0 Å². The van der Waals surface area contributed by atoms with Crippen molar-refractivity contribution in [2.75, 3.05) is 19.8 Å². The highest BCUT2D eigenvalue weighted by atomic mass is 16.5. The smallest absolute Gasteiger partial charge is 0.0543 e. The molecule has 0 amide bonds. The van der Waals surface area contributed by atoms with Crippen molar-refractivity contribution < 1.29 is 4.74 Å². The SMILES string of the molecule is CCOCC(C)C(C)=NCC(C)C. The molecule has 2 nitrogen and oxygen atoms in total. The minimum Gasteiger partial charge on any atom is -0.381 e. The first kappa shape index (κ1) is 12.6. The molecular formula is C11H23NO. The van der Waals surface area contributed by atoms with Gasteiger partial charge in [-0.05, 0) is 19.8 Å². The highest BCUT2D eigenvalue weighted by Gasteiger charge is 2.05. The van der Waals surface area contributed by atoms with Crippen molar-refractivity contribution in [1.29, 1.82) is 0 Å². The van der Waals surface area contributed by atoms with Gasteiger partial charge in [-0.25, -0.2) is 0 Å². The average Bonchev–Trinajstić information content (AvgIpc) is 2.10. The molecule has 0 heterocycles. The lowest BCUT2D eigenvalue weighted by molar-refractivity contribution is 0.133. The molecule has 0 aromatic heterocycles. The van der Waals surface area contributed by atoms with Crippen LogP contribution in [0.1, 0.15) is 34.6 Å². The standard InChI is InChI=1S/C11H23NO/c1-6-13-8-10(4)11(5)12-7-9(2)3/h9-10H,6-8H2,1-5H3. The number of rotatable bonds is 6. The Labute approximate surface area is 82.4 Å². The summed E-state index contributed by atoms with van der Waals surface area (Å²) in [6, 6.07) is 0. The van der Waals surface area contributed by atoms with Crippen LogP contribution < -0.4 is 0 Å². The van der Waals surface area contributed by atoms with Crippen LogP contribution in [0.25, 0.3) is 0 Å². The number of aliphatic imine (C=N–C) groups is 1. The molecule has 0 aromatic carbocycles. The van der Waals surface area contributed by atoms with E-state index in [1.54, 1.807) is 0 Å². The zero-order valence-corrected chi connectivity index (χ0v) is 9.63. The van der Waals surface area contributed by atoms with E-state index in [9.17, 15) is 0 Å². The van der Waals surface area contributed by atoms with E-state index in [1.165, 1.54) is 5.71 Å². The zero-order chi connectivity index (χ0) is 10.3. The van der Waals surface area contributed by atoms with Gasteiger partial charge in [-0.1, -0.05) is 20.8 Å². The van der Waals surface area contributed by atoms with E-state index in [-0.39, 0.29) is 0 Å². The Morgan fingerprint density at radius 2 is 1.92 bits per heavy atom. The Kier molecular flexibility index (Phi) is 6.87. The number of hydrogen-bond donors (Lipinski definition) is 0. The molecule has 0 aromatic rings. The van der Waals surface area contributed by atoms with E-state index in [1.807, 2.05) is 6.92 Å². The Balaban J connectivity index is 3.79. The maximum absolute atomic E-state index is 5.34. The van der Waals surface area contributed by atoms with E-state index in [2.05, 4.69) is 32.7 Å². The Morgan fingerprint density at radius 3 is 2.38 bits per heavy atom. The minimum absolute atomic E-state index is 0.457. The monoisotopic (exact) mass is 185 g/mol. The second-order valence-electron chi connectivity index (χ2n) is 3.94. The summed E-state index contributed by atoms with van der Waals surface area (Å²) in [6.07, 6.45) is 0. The fraction of sp³-hybridized carbons (Fsp3) is 0.909. The number of nitrogens with zero attached hydrogens (tertiary/aromatic N) is 1. The van der Waals surface area contributed by atoms with Crippen LogP contribution in [0, 0.1) is 11.8 Å². The molecule has 0 N–H and O–H groups in total. The van der Waals surface area contributed by atoms with Gasteiger partial charge in [0, 0.05) is 24.8 Å². The molecule has 0 rings (SSSR count). The average molecular weight is 185 g/mol. The molecule has 13 heavy (non-hydrogen) atoms. The third-order valence-electron chi connectivity index (χ3n) is 1.99. The van der Waals surface area contributed by atoms with Gasteiger partial charge >= 0.3 is 0 Å². The van der Waals surface area contributed by atoms with Gasteiger partial charge in [-0.2, -0.15) is 0 Å². The van der Waals surface area contributed by atoms with Gasteiger partial charge in [0.1, 0.15) is 0 Å². The summed E-state index contributed by atoms with van der Waals surface area (Å²) >= 11 is 0. The maximum Gasteiger partial charge on any atom is 0.0543 e. The van der Waals surface area contributed by atoms with E-state index in [0.717, 1.165) is 19.8 Å². The fourth-order valence-electron chi connectivity index (χ4n) is 0.898. The van der Waals surface area contributed by atoms with Crippen molar-refractivity contribution in [3.8, 4) is 0 Å². The van der Waals surface area contributed by atoms with Crippen LogP contribution >= 0.6 is 0 Å². The van der Waals surface area contributed by atoms with Crippen LogP contribution in [-0.2, 0) is 4.74 Å². The first-order chi connectivity index (χ1) is 6.07. The van der Waals surface area contributed by atoms with Crippen molar-refractivity contribution >= 4 is 5.71 Å². The number of hydrogen-bond acceptors (Lipinski definition) is 2. The third kappa shape index (κ3) is 6.76. The summed E-state index contributed by atoms with van der Waals surface area (Å²) in [6.45, 7) is 13.2. The van der Waals surface area contributed by atoms with Crippen LogP contribution in [0.5, 0.6) is 0 Å². The molecule has 0 radical (unpaired) electrons. The Morgan fingerprint density at radius 1 is 1.31 bits per heavy atom. The van der Waals surface area contributed by atoms with Crippen molar-refractivity contribution in [1.82, 2.24) is 0 Å². The van der Waals surface area contributed by atoms with Crippen molar-refractivity contribution in [3.63, 3.8) is 0 Å². The van der Waals surface area contributed by atoms with Gasteiger partial charge in [0.05, 0.1) is 6.61 Å².